The molecule has 0 aliphatic carbocycles. The second-order valence-electron chi connectivity index (χ2n) is 5.38. The molecule has 1 aliphatic heterocycles. The molecule has 0 bridgehead atoms. The van der Waals surface area contributed by atoms with Gasteiger partial charge in [0, 0.05) is 31.7 Å². The molecular weight excluding hydrogens is 350 g/mol. The number of benzene rings is 1. The van der Waals surface area contributed by atoms with Gasteiger partial charge in [0.15, 0.2) is 18.1 Å². The summed E-state index contributed by atoms with van der Waals surface area (Å²) in [4.78, 5) is 17.3. The lowest BCUT2D eigenvalue weighted by Crippen LogP contribution is -2.44. The van der Waals surface area contributed by atoms with Crippen molar-refractivity contribution in [1.29, 1.82) is 0 Å². The number of aromatic nitrogens is 2. The number of hydrogen-bond acceptors (Lipinski definition) is 8. The quantitative estimate of drug-likeness (QED) is 0.765. The van der Waals surface area contributed by atoms with E-state index in [1.165, 1.54) is 7.11 Å². The lowest BCUT2D eigenvalue weighted by molar-refractivity contribution is -0.119. The third kappa shape index (κ3) is 3.94. The van der Waals surface area contributed by atoms with E-state index in [0.717, 1.165) is 26.2 Å². The van der Waals surface area contributed by atoms with Crippen molar-refractivity contribution in [2.45, 2.75) is 0 Å². The molecule has 9 nitrogen and oxygen atoms in total. The Hall–Kier alpha value is -2.52. The maximum atomic E-state index is 10.9. The van der Waals surface area contributed by atoms with Gasteiger partial charge in [0.1, 0.15) is 0 Å². The molecule has 25 heavy (non-hydrogen) atoms. The van der Waals surface area contributed by atoms with E-state index in [4.69, 9.17) is 31.3 Å². The highest BCUT2D eigenvalue weighted by molar-refractivity contribution is 6.32. The van der Waals surface area contributed by atoms with Crippen LogP contribution >= 0.6 is 11.6 Å². The zero-order chi connectivity index (χ0) is 17.8. The van der Waals surface area contributed by atoms with Gasteiger partial charge in [-0.3, -0.25) is 4.79 Å². The molecule has 1 aliphatic rings. The topological polar surface area (TPSA) is 116 Å². The van der Waals surface area contributed by atoms with Gasteiger partial charge in [-0.1, -0.05) is 11.6 Å². The number of carbonyl (C=O) groups is 1. The summed E-state index contributed by atoms with van der Waals surface area (Å²) in [6, 6.07) is 3.26. The van der Waals surface area contributed by atoms with Crippen molar-refractivity contribution in [3.05, 3.63) is 17.2 Å². The number of rotatable bonds is 6. The molecule has 10 heteroatoms. The van der Waals surface area contributed by atoms with E-state index in [1.54, 1.807) is 12.1 Å². The van der Waals surface area contributed by atoms with Gasteiger partial charge in [-0.2, -0.15) is 4.98 Å². The smallest absolute Gasteiger partial charge is 0.266 e. The van der Waals surface area contributed by atoms with E-state index in [1.807, 2.05) is 4.90 Å². The van der Waals surface area contributed by atoms with E-state index < -0.39 is 5.91 Å². The van der Waals surface area contributed by atoms with Crippen LogP contribution in [-0.4, -0.2) is 55.9 Å². The molecule has 2 aromatic rings. The fourth-order valence-corrected chi connectivity index (χ4v) is 2.72. The second kappa shape index (κ2) is 7.58. The molecule has 134 valence electrons. The minimum absolute atomic E-state index is 0.230. The molecular formula is C15H18ClN5O4. The summed E-state index contributed by atoms with van der Waals surface area (Å²) in [5.74, 6) is 0.801. The molecule has 0 radical (unpaired) electrons. The van der Waals surface area contributed by atoms with Crippen molar-refractivity contribution in [1.82, 2.24) is 15.5 Å². The monoisotopic (exact) mass is 367 g/mol. The number of methoxy groups -OCH3 is 1. The molecule has 1 fully saturated rings. The first-order valence-corrected chi connectivity index (χ1v) is 8.04. The molecule has 1 aromatic carbocycles. The van der Waals surface area contributed by atoms with E-state index in [2.05, 4.69) is 15.5 Å². The van der Waals surface area contributed by atoms with E-state index in [-0.39, 0.29) is 17.4 Å². The van der Waals surface area contributed by atoms with Gasteiger partial charge in [0.05, 0.1) is 12.1 Å². The Bertz CT molecular complexity index is 760. The standard InChI is InChI=1S/C15H18ClN5O4/c1-23-11-7-9(6-10(16)13(11)24-8-12(17)22)14-19-15(20-25-14)21-4-2-18-3-5-21/h6-7,18H,2-5,8H2,1H3,(H2,17,22). The predicted molar refractivity (Wildman–Crippen MR) is 91.1 cm³/mol. The minimum Gasteiger partial charge on any atom is -0.493 e. The largest absolute Gasteiger partial charge is 0.493 e. The Morgan fingerprint density at radius 1 is 1.44 bits per heavy atom. The molecule has 3 rings (SSSR count). The van der Waals surface area contributed by atoms with Crippen LogP contribution in [0.2, 0.25) is 5.02 Å². The number of carbonyl (C=O) groups excluding carboxylic acids is 1. The predicted octanol–water partition coefficient (Wildman–Crippen LogP) is 0.672. The van der Waals surface area contributed by atoms with Crippen LogP contribution in [-0.2, 0) is 4.79 Å². The first kappa shape index (κ1) is 17.3. The lowest BCUT2D eigenvalue weighted by Gasteiger charge is -2.25. The number of nitrogens with two attached hydrogens (primary N) is 1. The average molecular weight is 368 g/mol. The van der Waals surface area contributed by atoms with E-state index in [0.29, 0.717) is 23.2 Å². The number of nitrogens with one attached hydrogen (secondary N) is 1. The highest BCUT2D eigenvalue weighted by atomic mass is 35.5. The van der Waals surface area contributed by atoms with Gasteiger partial charge in [0.2, 0.25) is 0 Å². The third-order valence-corrected chi connectivity index (χ3v) is 3.93. The number of nitrogens with zero attached hydrogens (tertiary/aromatic N) is 3. The minimum atomic E-state index is -0.611. The summed E-state index contributed by atoms with van der Waals surface area (Å²) < 4.78 is 15.9. The van der Waals surface area contributed by atoms with Gasteiger partial charge < -0.3 is 29.9 Å². The highest BCUT2D eigenvalue weighted by Crippen LogP contribution is 2.39. The van der Waals surface area contributed by atoms with Gasteiger partial charge in [-0.05, 0) is 17.3 Å². The van der Waals surface area contributed by atoms with Crippen LogP contribution in [0, 0.1) is 0 Å². The van der Waals surface area contributed by atoms with Crippen LogP contribution in [0.1, 0.15) is 0 Å². The van der Waals surface area contributed by atoms with E-state index in [9.17, 15) is 4.79 Å². The zero-order valence-electron chi connectivity index (χ0n) is 13.6. The SMILES string of the molecule is COc1cc(-c2nc(N3CCNCC3)no2)cc(Cl)c1OCC(N)=O. The Kier molecular flexibility index (Phi) is 5.25. The fraction of sp³-hybridized carbons (Fsp3) is 0.400. The van der Waals surface area contributed by atoms with Gasteiger partial charge >= 0.3 is 0 Å². The fourth-order valence-electron chi connectivity index (χ4n) is 2.45. The van der Waals surface area contributed by atoms with Crippen molar-refractivity contribution in [3.8, 4) is 23.0 Å². The van der Waals surface area contributed by atoms with Crippen molar-refractivity contribution in [2.24, 2.45) is 5.73 Å². The average Bonchev–Trinajstić information content (AvgIpc) is 3.10. The Morgan fingerprint density at radius 2 is 2.20 bits per heavy atom. The van der Waals surface area contributed by atoms with E-state index >= 15 is 0 Å². The summed E-state index contributed by atoms with van der Waals surface area (Å²) >= 11 is 6.24. The second-order valence-corrected chi connectivity index (χ2v) is 5.79. The highest BCUT2D eigenvalue weighted by Gasteiger charge is 2.20. The van der Waals surface area contributed by atoms with Crippen LogP contribution in [0.3, 0.4) is 0 Å². The molecule has 3 N–H and O–H groups in total. The van der Waals surface area contributed by atoms with Gasteiger partial charge in [0.25, 0.3) is 17.7 Å². The molecule has 2 heterocycles. The summed E-state index contributed by atoms with van der Waals surface area (Å²) in [7, 11) is 1.46. The Morgan fingerprint density at radius 3 is 2.88 bits per heavy atom. The van der Waals surface area contributed by atoms with Crippen LogP contribution in [0.15, 0.2) is 16.7 Å². The van der Waals surface area contributed by atoms with Crippen LogP contribution in [0.25, 0.3) is 11.5 Å². The summed E-state index contributed by atoms with van der Waals surface area (Å²) in [5, 5.41) is 7.53. The van der Waals surface area contributed by atoms with Crippen LogP contribution < -0.4 is 25.4 Å². The zero-order valence-corrected chi connectivity index (χ0v) is 14.4. The van der Waals surface area contributed by atoms with Crippen molar-refractivity contribution < 1.29 is 18.8 Å². The van der Waals surface area contributed by atoms with Crippen molar-refractivity contribution in [2.75, 3.05) is 44.8 Å². The van der Waals surface area contributed by atoms with Gasteiger partial charge in [-0.25, -0.2) is 0 Å². The van der Waals surface area contributed by atoms with Crippen LogP contribution in [0.4, 0.5) is 5.95 Å². The first-order chi connectivity index (χ1) is 12.1. The molecule has 1 aromatic heterocycles. The summed E-state index contributed by atoms with van der Waals surface area (Å²) in [6.45, 7) is 3.06. The number of amides is 1. The Balaban J connectivity index is 1.86. The number of anilines is 1. The lowest BCUT2D eigenvalue weighted by atomic mass is 10.2. The van der Waals surface area contributed by atoms with Crippen molar-refractivity contribution in [3.63, 3.8) is 0 Å². The molecule has 0 saturated carbocycles. The maximum absolute atomic E-state index is 10.9. The number of ether oxygens (including phenoxy) is 2. The summed E-state index contributed by atoms with van der Waals surface area (Å²) in [5.41, 5.74) is 5.67. The first-order valence-electron chi connectivity index (χ1n) is 7.67. The normalized spacial score (nSPS) is 14.4. The molecule has 0 spiro atoms. The number of hydrogen-bond donors (Lipinski definition) is 2. The molecule has 1 saturated heterocycles. The van der Waals surface area contributed by atoms with Crippen molar-refractivity contribution >= 4 is 23.5 Å². The number of halogens is 1. The Labute approximate surface area is 149 Å². The van der Waals surface area contributed by atoms with Crippen LogP contribution in [0.5, 0.6) is 11.5 Å². The number of primary amides is 1. The molecule has 1 amide bonds. The summed E-state index contributed by atoms with van der Waals surface area (Å²) in [6.07, 6.45) is 0. The molecule has 0 unspecified atom stereocenters. The third-order valence-electron chi connectivity index (χ3n) is 3.65. The number of piperazine rings is 1. The molecule has 0 atom stereocenters. The maximum Gasteiger partial charge on any atom is 0.266 e. The van der Waals surface area contributed by atoms with Gasteiger partial charge in [-0.15, -0.1) is 0 Å².